The Balaban J connectivity index is 4.39. The maximum absolute atomic E-state index is 2.58. The van der Waals surface area contributed by atoms with Crippen molar-refractivity contribution < 1.29 is 0 Å². The predicted octanol–water partition coefficient (Wildman–Crippen LogP) is 4.94. The van der Waals surface area contributed by atoms with Crippen LogP contribution in [-0.2, 0) is 0 Å². The number of rotatable bonds is 5. The van der Waals surface area contributed by atoms with Crippen LogP contribution in [0.4, 0.5) is 0 Å². The van der Waals surface area contributed by atoms with Crippen molar-refractivity contribution in [3.63, 3.8) is 0 Å². The van der Waals surface area contributed by atoms with Gasteiger partial charge >= 0.3 is 0 Å². The highest BCUT2D eigenvalue weighted by molar-refractivity contribution is 8.18. The zero-order chi connectivity index (χ0) is 10.7. The lowest BCUT2D eigenvalue weighted by Crippen LogP contribution is -2.33. The Labute approximate surface area is 88.0 Å². The molecule has 0 unspecified atom stereocenters. The van der Waals surface area contributed by atoms with Gasteiger partial charge in [-0.15, -0.1) is 7.02 Å². The first-order valence-corrected chi connectivity index (χ1v) is 15.7. The summed E-state index contributed by atoms with van der Waals surface area (Å²) in [5.41, 5.74) is 0. The van der Waals surface area contributed by atoms with Gasteiger partial charge in [-0.1, -0.05) is 59.0 Å². The van der Waals surface area contributed by atoms with Crippen LogP contribution in [0.1, 0.15) is 19.8 Å². The maximum atomic E-state index is 2.58. The van der Waals surface area contributed by atoms with Gasteiger partial charge in [-0.05, 0) is 6.16 Å². The van der Waals surface area contributed by atoms with Crippen LogP contribution in [0.25, 0.3) is 0 Å². The van der Waals surface area contributed by atoms with Crippen LogP contribution in [0.5, 0.6) is 0 Å². The van der Waals surface area contributed by atoms with Crippen molar-refractivity contribution in [2.45, 2.75) is 59.0 Å². The van der Waals surface area contributed by atoms with Crippen molar-refractivity contribution in [2.24, 2.45) is 0 Å². The van der Waals surface area contributed by atoms with Crippen molar-refractivity contribution in [3.8, 4) is 0 Å². The molecule has 80 valence electrons. The summed E-state index contributed by atoms with van der Waals surface area (Å²) in [4.78, 5) is 0. The molecule has 0 rings (SSSR count). The normalized spacial score (nSPS) is 13.8. The van der Waals surface area contributed by atoms with E-state index < -0.39 is 15.5 Å². The maximum Gasteiger partial charge on any atom is 0.0679 e. The van der Waals surface area contributed by atoms with Crippen molar-refractivity contribution in [1.29, 1.82) is 0 Å². The lowest BCUT2D eigenvalue weighted by Gasteiger charge is -2.39. The molecule has 0 aliphatic rings. The number of hydrogen-bond acceptors (Lipinski definition) is 0. The van der Waals surface area contributed by atoms with Crippen LogP contribution in [0.3, 0.4) is 0 Å². The van der Waals surface area contributed by atoms with Crippen molar-refractivity contribution >= 4 is 22.5 Å². The van der Waals surface area contributed by atoms with Crippen LogP contribution in [0.15, 0.2) is 0 Å². The second-order valence-electron chi connectivity index (χ2n) is 5.85. The summed E-state index contributed by atoms with van der Waals surface area (Å²) in [7, 11) is -1.24. The monoisotopic (exact) mass is 234 g/mol. The summed E-state index contributed by atoms with van der Waals surface area (Å²) in [6.45, 7) is 17.8. The van der Waals surface area contributed by atoms with E-state index >= 15 is 0 Å². The van der Waals surface area contributed by atoms with Crippen LogP contribution in [0, 0.1) is 0 Å². The highest BCUT2D eigenvalue weighted by Gasteiger charge is 2.35. The first kappa shape index (κ1) is 13.9. The SMILES string of the molecule is CCCCP([Si](C)(C)C)[Si](C)(C)C. The standard InChI is InChI=1S/C10H27PSi2/c1-8-9-10-11(12(2,3)4)13(5,6)7/h8-10H2,1-7H3. The van der Waals surface area contributed by atoms with Gasteiger partial charge in [-0.25, -0.2) is 0 Å². The minimum Gasteiger partial charge on any atom is -0.130 e. The van der Waals surface area contributed by atoms with Crippen molar-refractivity contribution in [3.05, 3.63) is 0 Å². The molecule has 0 aromatic rings. The topological polar surface area (TPSA) is 0 Å². The summed E-state index contributed by atoms with van der Waals surface area (Å²) in [6, 6.07) is 0. The van der Waals surface area contributed by atoms with E-state index in [2.05, 4.69) is 46.2 Å². The molecular formula is C10H27PSi2. The Hall–Kier alpha value is 0.864. The van der Waals surface area contributed by atoms with Gasteiger partial charge in [-0.2, -0.15) is 0 Å². The zero-order valence-electron chi connectivity index (χ0n) is 10.6. The fourth-order valence-corrected chi connectivity index (χ4v) is 35.1. The van der Waals surface area contributed by atoms with Crippen LogP contribution >= 0.6 is 7.02 Å². The van der Waals surface area contributed by atoms with E-state index in [0.717, 1.165) is 0 Å². The minimum absolute atomic E-state index is 0.429. The molecule has 0 aromatic heterocycles. The quantitative estimate of drug-likeness (QED) is 0.467. The lowest BCUT2D eigenvalue weighted by molar-refractivity contribution is 0.894. The Morgan fingerprint density at radius 2 is 1.23 bits per heavy atom. The van der Waals surface area contributed by atoms with E-state index in [9.17, 15) is 0 Å². The molecule has 0 nitrogen and oxygen atoms in total. The van der Waals surface area contributed by atoms with E-state index in [1.165, 1.54) is 12.8 Å². The van der Waals surface area contributed by atoms with Gasteiger partial charge in [0.2, 0.25) is 0 Å². The molecule has 0 bridgehead atoms. The molecule has 0 radical (unpaired) electrons. The zero-order valence-corrected chi connectivity index (χ0v) is 13.5. The van der Waals surface area contributed by atoms with Crippen LogP contribution in [0.2, 0.25) is 39.3 Å². The predicted molar refractivity (Wildman–Crippen MR) is 73.4 cm³/mol. The minimum atomic E-state index is -0.833. The molecule has 0 amide bonds. The smallest absolute Gasteiger partial charge is 0.0679 e. The van der Waals surface area contributed by atoms with Gasteiger partial charge in [0.25, 0.3) is 0 Å². The molecule has 0 atom stereocenters. The Morgan fingerprint density at radius 3 is 1.46 bits per heavy atom. The molecule has 0 aliphatic heterocycles. The van der Waals surface area contributed by atoms with Gasteiger partial charge in [0.1, 0.15) is 0 Å². The van der Waals surface area contributed by atoms with Crippen LogP contribution < -0.4 is 0 Å². The average molecular weight is 234 g/mol. The Bertz CT molecular complexity index is 130. The van der Waals surface area contributed by atoms with E-state index in [-0.39, 0.29) is 0 Å². The van der Waals surface area contributed by atoms with E-state index in [0.29, 0.717) is 7.02 Å². The summed E-state index contributed by atoms with van der Waals surface area (Å²) in [5.74, 6) is 0. The largest absolute Gasteiger partial charge is 0.130 e. The number of hydrogen-bond donors (Lipinski definition) is 0. The molecule has 0 aromatic carbocycles. The molecule has 0 spiro atoms. The summed E-state index contributed by atoms with van der Waals surface area (Å²) < 4.78 is 0. The van der Waals surface area contributed by atoms with Gasteiger partial charge in [-0.3, -0.25) is 0 Å². The highest BCUT2D eigenvalue weighted by atomic mass is 31.6. The second-order valence-corrected chi connectivity index (χ2v) is 28.5. The average Bonchev–Trinajstić information content (AvgIpc) is 1.81. The molecule has 0 heterocycles. The molecule has 13 heavy (non-hydrogen) atoms. The lowest BCUT2D eigenvalue weighted by atomic mass is 10.4. The molecule has 0 N–H and O–H groups in total. The molecular weight excluding hydrogens is 207 g/mol. The third-order valence-electron chi connectivity index (χ3n) is 2.35. The van der Waals surface area contributed by atoms with Crippen molar-refractivity contribution in [1.82, 2.24) is 0 Å². The van der Waals surface area contributed by atoms with Gasteiger partial charge in [0, 0.05) is 0 Å². The first-order chi connectivity index (χ1) is 5.69. The number of unbranched alkanes of at least 4 members (excludes halogenated alkanes) is 1. The van der Waals surface area contributed by atoms with Crippen LogP contribution in [-0.4, -0.2) is 21.6 Å². The van der Waals surface area contributed by atoms with Gasteiger partial charge < -0.3 is 0 Å². The molecule has 0 saturated heterocycles. The fraction of sp³-hybridized carbons (Fsp3) is 1.00. The summed E-state index contributed by atoms with van der Waals surface area (Å²) >= 11 is 0. The second kappa shape index (κ2) is 5.09. The van der Waals surface area contributed by atoms with Crippen molar-refractivity contribution in [2.75, 3.05) is 6.16 Å². The summed E-state index contributed by atoms with van der Waals surface area (Å²) in [6.07, 6.45) is 4.42. The third-order valence-corrected chi connectivity index (χ3v) is 29.5. The third kappa shape index (κ3) is 5.34. The fourth-order valence-electron chi connectivity index (χ4n) is 1.99. The van der Waals surface area contributed by atoms with Gasteiger partial charge in [0.05, 0.1) is 15.5 Å². The first-order valence-electron chi connectivity index (χ1n) is 5.47. The van der Waals surface area contributed by atoms with E-state index in [1.54, 1.807) is 6.16 Å². The molecule has 0 saturated carbocycles. The Morgan fingerprint density at radius 1 is 0.846 bits per heavy atom. The van der Waals surface area contributed by atoms with E-state index in [1.807, 2.05) is 0 Å². The highest BCUT2D eigenvalue weighted by Crippen LogP contribution is 2.55. The molecule has 3 heteroatoms. The molecule has 0 aliphatic carbocycles. The molecule has 0 fully saturated rings. The Kier molecular flexibility index (Phi) is 5.43. The summed E-state index contributed by atoms with van der Waals surface area (Å²) in [5, 5.41) is 0. The van der Waals surface area contributed by atoms with E-state index in [4.69, 9.17) is 0 Å². The van der Waals surface area contributed by atoms with Gasteiger partial charge in [0.15, 0.2) is 0 Å².